The SMILES string of the molecule is CCOc1ccc2nc(Nc3ncc(Cl)cc3Br)sc2c1. The van der Waals surface area contributed by atoms with Gasteiger partial charge in [-0.15, -0.1) is 0 Å². The molecule has 1 aromatic carbocycles. The van der Waals surface area contributed by atoms with Crippen LogP contribution in [0.5, 0.6) is 5.75 Å². The number of benzene rings is 1. The second-order valence-electron chi connectivity index (χ2n) is 4.19. The summed E-state index contributed by atoms with van der Waals surface area (Å²) in [5.41, 5.74) is 0.927. The molecule has 0 fully saturated rings. The quantitative estimate of drug-likeness (QED) is 0.667. The molecule has 2 aromatic heterocycles. The average molecular weight is 385 g/mol. The second-order valence-corrected chi connectivity index (χ2v) is 6.51. The van der Waals surface area contributed by atoms with Gasteiger partial charge in [-0.05, 0) is 47.1 Å². The average Bonchev–Trinajstić information content (AvgIpc) is 2.84. The van der Waals surface area contributed by atoms with Crippen molar-refractivity contribution in [3.63, 3.8) is 0 Å². The monoisotopic (exact) mass is 383 g/mol. The Hall–Kier alpha value is -1.37. The lowest BCUT2D eigenvalue weighted by Crippen LogP contribution is -1.93. The maximum Gasteiger partial charge on any atom is 0.189 e. The third-order valence-corrected chi connectivity index (χ3v) is 4.45. The summed E-state index contributed by atoms with van der Waals surface area (Å²) in [6, 6.07) is 7.65. The number of aromatic nitrogens is 2. The number of hydrogen-bond acceptors (Lipinski definition) is 5. The number of nitrogens with zero attached hydrogens (tertiary/aromatic N) is 2. The van der Waals surface area contributed by atoms with Crippen LogP contribution in [0.25, 0.3) is 10.2 Å². The first-order valence-electron chi connectivity index (χ1n) is 6.27. The number of rotatable bonds is 4. The molecule has 108 valence electrons. The highest BCUT2D eigenvalue weighted by atomic mass is 79.9. The highest BCUT2D eigenvalue weighted by Crippen LogP contribution is 2.32. The van der Waals surface area contributed by atoms with Crippen molar-refractivity contribution in [2.75, 3.05) is 11.9 Å². The molecule has 0 saturated heterocycles. The van der Waals surface area contributed by atoms with E-state index in [-0.39, 0.29) is 0 Å². The predicted molar refractivity (Wildman–Crippen MR) is 91.0 cm³/mol. The van der Waals surface area contributed by atoms with E-state index in [0.717, 1.165) is 25.6 Å². The molecule has 0 amide bonds. The Morgan fingerprint density at radius 1 is 1.38 bits per heavy atom. The number of halogens is 2. The molecule has 0 spiro atoms. The molecule has 2 heterocycles. The molecule has 3 rings (SSSR count). The Kier molecular flexibility index (Phi) is 4.28. The Balaban J connectivity index is 1.90. The lowest BCUT2D eigenvalue weighted by atomic mass is 10.3. The van der Waals surface area contributed by atoms with Crippen LogP contribution in [0.3, 0.4) is 0 Å². The standard InChI is InChI=1S/C14H11BrClN3OS/c1-2-20-9-3-4-11-12(6-9)21-14(18-11)19-13-10(15)5-8(16)7-17-13/h3-7H,2H2,1H3,(H,17,18,19). The maximum absolute atomic E-state index is 5.88. The van der Waals surface area contributed by atoms with Gasteiger partial charge < -0.3 is 10.1 Å². The molecular formula is C14H11BrClN3OS. The zero-order valence-corrected chi connectivity index (χ0v) is 14.2. The Labute approximate surface area is 139 Å². The van der Waals surface area contributed by atoms with E-state index in [0.29, 0.717) is 17.4 Å². The molecule has 3 aromatic rings. The largest absolute Gasteiger partial charge is 0.494 e. The van der Waals surface area contributed by atoms with Gasteiger partial charge in [0.2, 0.25) is 0 Å². The smallest absolute Gasteiger partial charge is 0.189 e. The van der Waals surface area contributed by atoms with Gasteiger partial charge in [0.05, 0.1) is 26.3 Å². The van der Waals surface area contributed by atoms with Crippen LogP contribution < -0.4 is 10.1 Å². The van der Waals surface area contributed by atoms with Gasteiger partial charge in [-0.1, -0.05) is 22.9 Å². The minimum absolute atomic E-state index is 0.582. The molecule has 0 atom stereocenters. The van der Waals surface area contributed by atoms with Crippen molar-refractivity contribution in [2.24, 2.45) is 0 Å². The van der Waals surface area contributed by atoms with E-state index in [2.05, 4.69) is 31.2 Å². The summed E-state index contributed by atoms with van der Waals surface area (Å²) in [4.78, 5) is 8.77. The Morgan fingerprint density at radius 3 is 3.00 bits per heavy atom. The molecule has 0 saturated carbocycles. The Bertz CT molecular complexity index is 793. The van der Waals surface area contributed by atoms with E-state index in [1.807, 2.05) is 25.1 Å². The molecular weight excluding hydrogens is 374 g/mol. The number of pyridine rings is 1. The van der Waals surface area contributed by atoms with Crippen LogP contribution in [0, 0.1) is 0 Å². The van der Waals surface area contributed by atoms with Crippen LogP contribution >= 0.6 is 38.9 Å². The number of hydrogen-bond donors (Lipinski definition) is 1. The molecule has 1 N–H and O–H groups in total. The fourth-order valence-electron chi connectivity index (χ4n) is 1.82. The summed E-state index contributed by atoms with van der Waals surface area (Å²) in [6.45, 7) is 2.62. The molecule has 4 nitrogen and oxygen atoms in total. The van der Waals surface area contributed by atoms with Gasteiger partial charge in [0.25, 0.3) is 0 Å². The molecule has 21 heavy (non-hydrogen) atoms. The van der Waals surface area contributed by atoms with Gasteiger partial charge >= 0.3 is 0 Å². The summed E-state index contributed by atoms with van der Waals surface area (Å²) in [5, 5.41) is 4.54. The first-order chi connectivity index (χ1) is 10.2. The molecule has 7 heteroatoms. The van der Waals surface area contributed by atoms with Gasteiger partial charge in [-0.25, -0.2) is 9.97 Å². The van der Waals surface area contributed by atoms with Crippen molar-refractivity contribution >= 4 is 60.0 Å². The van der Waals surface area contributed by atoms with Gasteiger partial charge in [-0.2, -0.15) is 0 Å². The fraction of sp³-hybridized carbons (Fsp3) is 0.143. The minimum atomic E-state index is 0.582. The second kappa shape index (κ2) is 6.17. The van der Waals surface area contributed by atoms with Crippen LogP contribution in [0.2, 0.25) is 5.02 Å². The molecule has 0 unspecified atom stereocenters. The summed E-state index contributed by atoms with van der Waals surface area (Å²) in [7, 11) is 0. The maximum atomic E-state index is 5.88. The van der Waals surface area contributed by atoms with E-state index < -0.39 is 0 Å². The first kappa shape index (κ1) is 14.6. The lowest BCUT2D eigenvalue weighted by molar-refractivity contribution is 0.341. The summed E-state index contributed by atoms with van der Waals surface area (Å²) < 4.78 is 7.36. The highest BCUT2D eigenvalue weighted by molar-refractivity contribution is 9.10. The summed E-state index contributed by atoms with van der Waals surface area (Å²) in [5.74, 6) is 1.54. The van der Waals surface area contributed by atoms with Crippen LogP contribution in [0.4, 0.5) is 10.9 Å². The van der Waals surface area contributed by atoms with E-state index in [4.69, 9.17) is 16.3 Å². The van der Waals surface area contributed by atoms with E-state index in [1.165, 1.54) is 0 Å². The molecule has 0 aliphatic carbocycles. The van der Waals surface area contributed by atoms with Crippen molar-refractivity contribution in [1.29, 1.82) is 0 Å². The number of nitrogens with one attached hydrogen (secondary N) is 1. The van der Waals surface area contributed by atoms with Crippen molar-refractivity contribution in [3.05, 3.63) is 40.0 Å². The van der Waals surface area contributed by atoms with Crippen LogP contribution in [-0.4, -0.2) is 16.6 Å². The number of anilines is 2. The minimum Gasteiger partial charge on any atom is -0.494 e. The zero-order chi connectivity index (χ0) is 14.8. The van der Waals surface area contributed by atoms with Gasteiger partial charge in [0, 0.05) is 6.20 Å². The zero-order valence-electron chi connectivity index (χ0n) is 11.1. The first-order valence-corrected chi connectivity index (χ1v) is 8.26. The third kappa shape index (κ3) is 3.28. The van der Waals surface area contributed by atoms with Crippen LogP contribution in [0.15, 0.2) is 34.9 Å². The third-order valence-electron chi connectivity index (χ3n) is 2.70. The lowest BCUT2D eigenvalue weighted by Gasteiger charge is -2.03. The van der Waals surface area contributed by atoms with Gasteiger partial charge in [0.15, 0.2) is 5.13 Å². The van der Waals surface area contributed by atoms with Crippen molar-refractivity contribution < 1.29 is 4.74 Å². The van der Waals surface area contributed by atoms with Crippen molar-refractivity contribution in [2.45, 2.75) is 6.92 Å². The summed E-state index contributed by atoms with van der Waals surface area (Å²) in [6.07, 6.45) is 1.59. The van der Waals surface area contributed by atoms with E-state index >= 15 is 0 Å². The number of ether oxygens (including phenoxy) is 1. The van der Waals surface area contributed by atoms with Crippen molar-refractivity contribution in [3.8, 4) is 5.75 Å². The normalized spacial score (nSPS) is 10.8. The highest BCUT2D eigenvalue weighted by Gasteiger charge is 2.08. The van der Waals surface area contributed by atoms with Gasteiger partial charge in [-0.3, -0.25) is 0 Å². The summed E-state index contributed by atoms with van der Waals surface area (Å²) >= 11 is 10.9. The number of fused-ring (bicyclic) bond motifs is 1. The van der Waals surface area contributed by atoms with Crippen LogP contribution in [-0.2, 0) is 0 Å². The molecule has 0 bridgehead atoms. The number of thiazole rings is 1. The predicted octanol–water partition coefficient (Wildman–Crippen LogP) is 5.25. The molecule has 0 radical (unpaired) electrons. The van der Waals surface area contributed by atoms with E-state index in [1.54, 1.807) is 23.6 Å². The van der Waals surface area contributed by atoms with Crippen LogP contribution in [0.1, 0.15) is 6.92 Å². The fourth-order valence-corrected chi connectivity index (χ4v) is 3.45. The van der Waals surface area contributed by atoms with Gasteiger partial charge in [0.1, 0.15) is 11.6 Å². The molecule has 0 aliphatic rings. The van der Waals surface area contributed by atoms with E-state index in [9.17, 15) is 0 Å². The van der Waals surface area contributed by atoms with Crippen molar-refractivity contribution in [1.82, 2.24) is 9.97 Å². The Morgan fingerprint density at radius 2 is 2.24 bits per heavy atom. The topological polar surface area (TPSA) is 47.0 Å². The molecule has 0 aliphatic heterocycles.